The number of nitrogens with one attached hydrogen (secondary N) is 1. The van der Waals surface area contributed by atoms with E-state index in [-0.39, 0.29) is 5.91 Å². The zero-order valence-electron chi connectivity index (χ0n) is 10.9. The zero-order chi connectivity index (χ0) is 13.5. The van der Waals surface area contributed by atoms with Crippen LogP contribution < -0.4 is 16.0 Å². The van der Waals surface area contributed by atoms with Crippen LogP contribution in [-0.2, 0) is 0 Å². The van der Waals surface area contributed by atoms with Crippen LogP contribution in [-0.4, -0.2) is 23.5 Å². The van der Waals surface area contributed by atoms with Crippen molar-refractivity contribution in [3.05, 3.63) is 29.8 Å². The Balaban J connectivity index is 1.80. The molecule has 104 valence electrons. The van der Waals surface area contributed by atoms with E-state index < -0.39 is 0 Å². The molecular weight excluding hydrogens is 260 g/mol. The van der Waals surface area contributed by atoms with E-state index in [1.807, 2.05) is 17.8 Å². The molecule has 1 fully saturated rings. The second-order valence-electron chi connectivity index (χ2n) is 4.60. The number of hydrogen-bond donors (Lipinski definition) is 2. The van der Waals surface area contributed by atoms with E-state index in [9.17, 15) is 4.79 Å². The van der Waals surface area contributed by atoms with Crippen LogP contribution in [0.15, 0.2) is 24.3 Å². The molecule has 2 rings (SSSR count). The van der Waals surface area contributed by atoms with Crippen LogP contribution in [0, 0.1) is 0 Å². The molecule has 0 heterocycles. The minimum atomic E-state index is -0.320. The largest absolute Gasteiger partial charge is 0.492 e. The van der Waals surface area contributed by atoms with E-state index in [4.69, 9.17) is 10.6 Å². The normalized spacial score (nSPS) is 15.4. The van der Waals surface area contributed by atoms with Gasteiger partial charge in [-0.25, -0.2) is 5.84 Å². The number of rotatable bonds is 6. The molecule has 0 atom stereocenters. The monoisotopic (exact) mass is 280 g/mol. The average Bonchev–Trinajstić information content (AvgIpc) is 2.96. The van der Waals surface area contributed by atoms with Gasteiger partial charge < -0.3 is 4.74 Å². The highest BCUT2D eigenvalue weighted by atomic mass is 32.2. The lowest BCUT2D eigenvalue weighted by Gasteiger charge is -2.12. The summed E-state index contributed by atoms with van der Waals surface area (Å²) in [5, 5.41) is 0.797. The van der Waals surface area contributed by atoms with Crippen LogP contribution in [0.4, 0.5) is 0 Å². The van der Waals surface area contributed by atoms with Gasteiger partial charge in [-0.2, -0.15) is 11.8 Å². The summed E-state index contributed by atoms with van der Waals surface area (Å²) in [7, 11) is 0. The van der Waals surface area contributed by atoms with Crippen LogP contribution in [0.3, 0.4) is 0 Å². The predicted molar refractivity (Wildman–Crippen MR) is 78.3 cm³/mol. The Morgan fingerprint density at radius 1 is 1.37 bits per heavy atom. The van der Waals surface area contributed by atoms with Crippen LogP contribution in [0.5, 0.6) is 5.75 Å². The molecule has 1 aliphatic carbocycles. The molecule has 4 nitrogen and oxygen atoms in total. The van der Waals surface area contributed by atoms with Crippen LogP contribution in [0.1, 0.15) is 36.0 Å². The lowest BCUT2D eigenvalue weighted by Crippen LogP contribution is -2.30. The molecule has 0 radical (unpaired) electrons. The standard InChI is InChI=1S/C14H20N2O2S/c15-16-14(17)12-7-3-4-8-13(12)18-9-10-19-11-5-1-2-6-11/h3-4,7-8,11H,1-2,5-6,9-10,15H2,(H,16,17). The number of carbonyl (C=O) groups excluding carboxylic acids is 1. The first-order valence-electron chi connectivity index (χ1n) is 6.65. The van der Waals surface area contributed by atoms with Gasteiger partial charge in [0.2, 0.25) is 0 Å². The third kappa shape index (κ3) is 4.14. The summed E-state index contributed by atoms with van der Waals surface area (Å²) in [5.41, 5.74) is 2.61. The van der Waals surface area contributed by atoms with E-state index in [0.29, 0.717) is 17.9 Å². The maximum atomic E-state index is 11.6. The first-order valence-corrected chi connectivity index (χ1v) is 7.70. The molecule has 1 aliphatic rings. The Hall–Kier alpha value is -1.20. The fourth-order valence-electron chi connectivity index (χ4n) is 2.28. The minimum Gasteiger partial charge on any atom is -0.492 e. The van der Waals surface area contributed by atoms with Crippen molar-refractivity contribution in [2.45, 2.75) is 30.9 Å². The maximum Gasteiger partial charge on any atom is 0.268 e. The molecule has 3 N–H and O–H groups in total. The summed E-state index contributed by atoms with van der Waals surface area (Å²) in [4.78, 5) is 11.6. The van der Waals surface area contributed by atoms with E-state index in [0.717, 1.165) is 11.0 Å². The van der Waals surface area contributed by atoms with Crippen LogP contribution in [0.25, 0.3) is 0 Å². The van der Waals surface area contributed by atoms with E-state index in [2.05, 4.69) is 5.43 Å². The molecule has 0 bridgehead atoms. The lowest BCUT2D eigenvalue weighted by atomic mass is 10.2. The van der Waals surface area contributed by atoms with Gasteiger partial charge in [-0.05, 0) is 25.0 Å². The molecule has 1 aromatic rings. The first kappa shape index (κ1) is 14.2. The van der Waals surface area contributed by atoms with Crippen LogP contribution >= 0.6 is 11.8 Å². The predicted octanol–water partition coefficient (Wildman–Crippen LogP) is 2.34. The molecule has 0 unspecified atom stereocenters. The van der Waals surface area contributed by atoms with E-state index in [1.54, 1.807) is 18.2 Å². The summed E-state index contributed by atoms with van der Waals surface area (Å²) < 4.78 is 5.68. The van der Waals surface area contributed by atoms with E-state index in [1.165, 1.54) is 25.7 Å². The Labute approximate surface area is 118 Å². The zero-order valence-corrected chi connectivity index (χ0v) is 11.7. The molecule has 19 heavy (non-hydrogen) atoms. The van der Waals surface area contributed by atoms with Crippen molar-refractivity contribution >= 4 is 17.7 Å². The Bertz CT molecular complexity index is 420. The highest BCUT2D eigenvalue weighted by Crippen LogP contribution is 2.29. The first-order chi connectivity index (χ1) is 9.31. The fourth-order valence-corrected chi connectivity index (χ4v) is 3.46. The summed E-state index contributed by atoms with van der Waals surface area (Å²) >= 11 is 1.97. The minimum absolute atomic E-state index is 0.320. The van der Waals surface area contributed by atoms with Gasteiger partial charge in [-0.3, -0.25) is 10.2 Å². The van der Waals surface area contributed by atoms with Crippen molar-refractivity contribution < 1.29 is 9.53 Å². The summed E-state index contributed by atoms with van der Waals surface area (Å²) in [6, 6.07) is 7.16. The van der Waals surface area contributed by atoms with Crippen molar-refractivity contribution in [2.24, 2.45) is 5.84 Å². The van der Waals surface area contributed by atoms with Crippen molar-refractivity contribution in [2.75, 3.05) is 12.4 Å². The number of thioether (sulfide) groups is 1. The number of hydrogen-bond acceptors (Lipinski definition) is 4. The van der Waals surface area contributed by atoms with E-state index >= 15 is 0 Å². The quantitative estimate of drug-likeness (QED) is 0.363. The third-order valence-corrected chi connectivity index (χ3v) is 4.60. The molecule has 0 aliphatic heterocycles. The summed E-state index contributed by atoms with van der Waals surface area (Å²) in [5.74, 6) is 6.39. The van der Waals surface area contributed by atoms with Gasteiger partial charge in [0, 0.05) is 11.0 Å². The fraction of sp³-hybridized carbons (Fsp3) is 0.500. The van der Waals surface area contributed by atoms with Crippen molar-refractivity contribution in [1.82, 2.24) is 5.43 Å². The summed E-state index contributed by atoms with van der Waals surface area (Å²) in [6.07, 6.45) is 5.38. The second kappa shape index (κ2) is 7.40. The van der Waals surface area contributed by atoms with Gasteiger partial charge in [0.15, 0.2) is 0 Å². The molecule has 1 saturated carbocycles. The van der Waals surface area contributed by atoms with Gasteiger partial charge in [0.1, 0.15) is 5.75 Å². The third-order valence-electron chi connectivity index (χ3n) is 3.26. The van der Waals surface area contributed by atoms with Crippen LogP contribution in [0.2, 0.25) is 0 Å². The lowest BCUT2D eigenvalue weighted by molar-refractivity contribution is 0.0950. The number of carbonyl (C=O) groups is 1. The van der Waals surface area contributed by atoms with Gasteiger partial charge in [0.05, 0.1) is 12.2 Å². The molecule has 0 saturated heterocycles. The van der Waals surface area contributed by atoms with Gasteiger partial charge >= 0.3 is 0 Å². The number of nitrogens with two attached hydrogens (primary N) is 1. The number of amides is 1. The van der Waals surface area contributed by atoms with Gasteiger partial charge in [-0.1, -0.05) is 25.0 Å². The molecule has 1 amide bonds. The number of ether oxygens (including phenoxy) is 1. The molecule has 0 spiro atoms. The Kier molecular flexibility index (Phi) is 5.54. The molecular formula is C14H20N2O2S. The van der Waals surface area contributed by atoms with Gasteiger partial charge in [-0.15, -0.1) is 0 Å². The summed E-state index contributed by atoms with van der Waals surface area (Å²) in [6.45, 7) is 0.621. The highest BCUT2D eigenvalue weighted by Gasteiger charge is 2.15. The Morgan fingerprint density at radius 2 is 2.11 bits per heavy atom. The average molecular weight is 280 g/mol. The second-order valence-corrected chi connectivity index (χ2v) is 6.00. The number of para-hydroxylation sites is 1. The molecule has 1 aromatic carbocycles. The SMILES string of the molecule is NNC(=O)c1ccccc1OCCSC1CCCC1. The van der Waals surface area contributed by atoms with Crippen molar-refractivity contribution in [1.29, 1.82) is 0 Å². The number of nitrogen functional groups attached to an aromatic ring is 1. The van der Waals surface area contributed by atoms with Crippen molar-refractivity contribution in [3.8, 4) is 5.75 Å². The number of hydrazine groups is 1. The highest BCUT2D eigenvalue weighted by molar-refractivity contribution is 7.99. The van der Waals surface area contributed by atoms with Crippen molar-refractivity contribution in [3.63, 3.8) is 0 Å². The smallest absolute Gasteiger partial charge is 0.268 e. The maximum absolute atomic E-state index is 11.6. The van der Waals surface area contributed by atoms with Gasteiger partial charge in [0.25, 0.3) is 5.91 Å². The Morgan fingerprint density at radius 3 is 2.84 bits per heavy atom. The number of benzene rings is 1. The topological polar surface area (TPSA) is 64.3 Å². The molecule has 5 heteroatoms. The molecule has 0 aromatic heterocycles.